The van der Waals surface area contributed by atoms with Crippen molar-refractivity contribution in [1.29, 1.82) is 0 Å². The van der Waals surface area contributed by atoms with Crippen LogP contribution in [0.5, 0.6) is 0 Å². The fourth-order valence-corrected chi connectivity index (χ4v) is 3.06. The number of carbonyl (C=O) groups excluding carboxylic acids is 4. The maximum atomic E-state index is 13.0. The monoisotopic (exact) mass is 498 g/mol. The Hall–Kier alpha value is -3.88. The molecule has 0 bridgehead atoms. The van der Waals surface area contributed by atoms with Crippen LogP contribution in [0, 0.1) is 0 Å². The molecule has 0 aliphatic heterocycles. The minimum atomic E-state index is -1.08. The third kappa shape index (κ3) is 10.6. The van der Waals surface area contributed by atoms with Crippen molar-refractivity contribution >= 4 is 29.6 Å². The Morgan fingerprint density at radius 1 is 0.944 bits per heavy atom. The van der Waals surface area contributed by atoms with E-state index in [1.807, 2.05) is 30.3 Å². The Labute approximate surface area is 211 Å². The summed E-state index contributed by atoms with van der Waals surface area (Å²) in [4.78, 5) is 49.7. The zero-order chi connectivity index (χ0) is 26.7. The third-order valence-corrected chi connectivity index (χ3v) is 4.59. The van der Waals surface area contributed by atoms with E-state index in [-0.39, 0.29) is 31.1 Å². The summed E-state index contributed by atoms with van der Waals surface area (Å²) in [5, 5.41) is 5.18. The number of rotatable bonds is 10. The SMILES string of the molecule is CC(C)OC(=O)CC[C@H](NC(=O)OC(C)(C)C)C(=O)Nc1cccc(C(=O)OCc2ccccc2)c1. The molecular weight excluding hydrogens is 464 g/mol. The predicted octanol–water partition coefficient (Wildman–Crippen LogP) is 4.61. The second-order valence-corrected chi connectivity index (χ2v) is 9.41. The van der Waals surface area contributed by atoms with Crippen molar-refractivity contribution in [2.75, 3.05) is 5.32 Å². The van der Waals surface area contributed by atoms with Crippen molar-refractivity contribution in [2.45, 2.75) is 71.8 Å². The minimum absolute atomic E-state index is 0.00453. The predicted molar refractivity (Wildman–Crippen MR) is 134 cm³/mol. The number of nitrogens with one attached hydrogen (secondary N) is 2. The molecule has 0 saturated heterocycles. The molecule has 0 unspecified atom stereocenters. The average molecular weight is 499 g/mol. The molecule has 0 aliphatic rings. The zero-order valence-electron chi connectivity index (χ0n) is 21.3. The Morgan fingerprint density at radius 3 is 2.28 bits per heavy atom. The van der Waals surface area contributed by atoms with Crippen LogP contribution in [0.3, 0.4) is 0 Å². The average Bonchev–Trinajstić information content (AvgIpc) is 2.79. The summed E-state index contributed by atoms with van der Waals surface area (Å²) in [6, 6.07) is 14.4. The topological polar surface area (TPSA) is 120 Å². The third-order valence-electron chi connectivity index (χ3n) is 4.59. The van der Waals surface area contributed by atoms with Gasteiger partial charge in [-0.2, -0.15) is 0 Å². The summed E-state index contributed by atoms with van der Waals surface area (Å²) in [7, 11) is 0. The molecular formula is C27H34N2O7. The summed E-state index contributed by atoms with van der Waals surface area (Å²) in [6.07, 6.45) is -1.18. The van der Waals surface area contributed by atoms with Crippen molar-refractivity contribution < 1.29 is 33.4 Å². The Balaban J connectivity index is 2.06. The first-order valence-electron chi connectivity index (χ1n) is 11.7. The lowest BCUT2D eigenvalue weighted by Crippen LogP contribution is -2.46. The van der Waals surface area contributed by atoms with Crippen LogP contribution >= 0.6 is 0 Å². The number of hydrogen-bond donors (Lipinski definition) is 2. The number of amides is 2. The van der Waals surface area contributed by atoms with Gasteiger partial charge in [-0.25, -0.2) is 9.59 Å². The minimum Gasteiger partial charge on any atom is -0.463 e. The van der Waals surface area contributed by atoms with Crippen molar-refractivity contribution in [3.05, 3.63) is 65.7 Å². The van der Waals surface area contributed by atoms with Gasteiger partial charge in [0.2, 0.25) is 5.91 Å². The van der Waals surface area contributed by atoms with Gasteiger partial charge in [-0.1, -0.05) is 36.4 Å². The lowest BCUT2D eigenvalue weighted by Gasteiger charge is -2.23. The Kier molecular flexibility index (Phi) is 10.5. The standard InChI is InChI=1S/C27H34N2O7/c1-18(2)35-23(30)15-14-22(29-26(33)36-27(3,4)5)24(31)28-21-13-9-12-20(16-21)25(32)34-17-19-10-7-6-8-11-19/h6-13,16,18,22H,14-15,17H2,1-5H3,(H,28,31)(H,29,33)/t22-/m0/s1. The van der Waals surface area contributed by atoms with Gasteiger partial charge in [0.05, 0.1) is 11.7 Å². The fraction of sp³-hybridized carbons (Fsp3) is 0.407. The molecule has 194 valence electrons. The number of hydrogen-bond acceptors (Lipinski definition) is 7. The molecule has 2 amide bonds. The van der Waals surface area contributed by atoms with Gasteiger partial charge in [-0.05, 0) is 64.8 Å². The van der Waals surface area contributed by atoms with E-state index in [1.54, 1.807) is 52.8 Å². The molecule has 1 atom stereocenters. The highest BCUT2D eigenvalue weighted by Crippen LogP contribution is 2.15. The van der Waals surface area contributed by atoms with E-state index >= 15 is 0 Å². The van der Waals surface area contributed by atoms with E-state index in [1.165, 1.54) is 6.07 Å². The van der Waals surface area contributed by atoms with Crippen molar-refractivity contribution in [3.8, 4) is 0 Å². The summed E-state index contributed by atoms with van der Waals surface area (Å²) < 4.78 is 15.7. The van der Waals surface area contributed by atoms with E-state index < -0.39 is 35.6 Å². The van der Waals surface area contributed by atoms with Gasteiger partial charge in [0, 0.05) is 12.1 Å². The molecule has 0 fully saturated rings. The molecule has 0 aromatic heterocycles. The first-order valence-corrected chi connectivity index (χ1v) is 11.7. The van der Waals surface area contributed by atoms with Crippen LogP contribution in [-0.2, 0) is 30.4 Å². The molecule has 36 heavy (non-hydrogen) atoms. The number of anilines is 1. The highest BCUT2D eigenvalue weighted by Gasteiger charge is 2.26. The highest BCUT2D eigenvalue weighted by atomic mass is 16.6. The number of alkyl carbamates (subject to hydrolysis) is 1. The molecule has 2 N–H and O–H groups in total. The van der Waals surface area contributed by atoms with E-state index in [0.717, 1.165) is 5.56 Å². The molecule has 0 spiro atoms. The van der Waals surface area contributed by atoms with Crippen molar-refractivity contribution in [2.24, 2.45) is 0 Å². The normalized spacial score (nSPS) is 11.8. The van der Waals surface area contributed by atoms with Crippen LogP contribution in [-0.4, -0.2) is 41.7 Å². The van der Waals surface area contributed by atoms with Gasteiger partial charge in [-0.15, -0.1) is 0 Å². The maximum absolute atomic E-state index is 13.0. The van der Waals surface area contributed by atoms with Crippen molar-refractivity contribution in [1.82, 2.24) is 5.32 Å². The van der Waals surface area contributed by atoms with Crippen LogP contribution in [0.1, 0.15) is 63.4 Å². The van der Waals surface area contributed by atoms with Gasteiger partial charge < -0.3 is 24.8 Å². The molecule has 0 radical (unpaired) electrons. The summed E-state index contributed by atoms with van der Waals surface area (Å²) in [6.45, 7) is 8.65. The van der Waals surface area contributed by atoms with Gasteiger partial charge >= 0.3 is 18.0 Å². The van der Waals surface area contributed by atoms with Gasteiger partial charge in [0.25, 0.3) is 0 Å². The summed E-state index contributed by atoms with van der Waals surface area (Å²) >= 11 is 0. The van der Waals surface area contributed by atoms with E-state index in [9.17, 15) is 19.2 Å². The van der Waals surface area contributed by atoms with Gasteiger partial charge in [0.15, 0.2) is 0 Å². The number of esters is 2. The second kappa shape index (κ2) is 13.3. The molecule has 9 heteroatoms. The summed E-state index contributed by atoms with van der Waals surface area (Å²) in [5.41, 5.74) is 0.661. The smallest absolute Gasteiger partial charge is 0.408 e. The van der Waals surface area contributed by atoms with Crippen LogP contribution in [0.4, 0.5) is 10.5 Å². The molecule has 0 heterocycles. The molecule has 9 nitrogen and oxygen atoms in total. The quantitative estimate of drug-likeness (QED) is 0.363. The highest BCUT2D eigenvalue weighted by molar-refractivity contribution is 5.98. The van der Waals surface area contributed by atoms with Crippen LogP contribution < -0.4 is 10.6 Å². The second-order valence-electron chi connectivity index (χ2n) is 9.41. The summed E-state index contributed by atoms with van der Waals surface area (Å²) in [5.74, 6) is -1.61. The van der Waals surface area contributed by atoms with Crippen molar-refractivity contribution in [3.63, 3.8) is 0 Å². The first-order chi connectivity index (χ1) is 16.9. The number of carbonyl (C=O) groups is 4. The van der Waals surface area contributed by atoms with Crippen LogP contribution in [0.2, 0.25) is 0 Å². The van der Waals surface area contributed by atoms with Crippen LogP contribution in [0.15, 0.2) is 54.6 Å². The van der Waals surface area contributed by atoms with Gasteiger partial charge in [-0.3, -0.25) is 9.59 Å². The fourth-order valence-electron chi connectivity index (χ4n) is 3.06. The molecule has 0 saturated carbocycles. The zero-order valence-corrected chi connectivity index (χ0v) is 21.3. The van der Waals surface area contributed by atoms with E-state index in [0.29, 0.717) is 5.69 Å². The number of ether oxygens (including phenoxy) is 3. The van der Waals surface area contributed by atoms with Gasteiger partial charge in [0.1, 0.15) is 18.2 Å². The maximum Gasteiger partial charge on any atom is 0.408 e. The first kappa shape index (κ1) is 28.4. The molecule has 2 aromatic carbocycles. The molecule has 2 rings (SSSR count). The lowest BCUT2D eigenvalue weighted by molar-refractivity contribution is -0.147. The Bertz CT molecular complexity index is 1050. The molecule has 0 aliphatic carbocycles. The lowest BCUT2D eigenvalue weighted by atomic mass is 10.1. The molecule has 2 aromatic rings. The van der Waals surface area contributed by atoms with E-state index in [2.05, 4.69) is 10.6 Å². The van der Waals surface area contributed by atoms with E-state index in [4.69, 9.17) is 14.2 Å². The Morgan fingerprint density at radius 2 is 1.64 bits per heavy atom. The van der Waals surface area contributed by atoms with Crippen LogP contribution in [0.25, 0.3) is 0 Å². The largest absolute Gasteiger partial charge is 0.463 e. The number of benzene rings is 2.